The third-order valence-corrected chi connectivity index (χ3v) is 3.99. The highest BCUT2D eigenvalue weighted by molar-refractivity contribution is 6.30. The van der Waals surface area contributed by atoms with E-state index in [1.54, 1.807) is 31.2 Å². The molecule has 0 saturated heterocycles. The zero-order chi connectivity index (χ0) is 16.8. The van der Waals surface area contributed by atoms with Crippen molar-refractivity contribution in [3.8, 4) is 5.75 Å². The number of benzene rings is 2. The monoisotopic (exact) mass is 331 g/mol. The van der Waals surface area contributed by atoms with Crippen LogP contribution in [0.4, 0.5) is 0 Å². The summed E-state index contributed by atoms with van der Waals surface area (Å²) in [5, 5.41) is 3.61. The van der Waals surface area contributed by atoms with Crippen LogP contribution in [-0.4, -0.2) is 12.0 Å². The van der Waals surface area contributed by atoms with Crippen LogP contribution >= 0.6 is 11.6 Å². The number of carbonyl (C=O) groups excluding carboxylic acids is 1. The highest BCUT2D eigenvalue weighted by atomic mass is 35.5. The molecule has 4 heteroatoms. The fourth-order valence-electron chi connectivity index (χ4n) is 2.23. The normalized spacial score (nSPS) is 13.2. The lowest BCUT2D eigenvalue weighted by Gasteiger charge is -2.19. The molecule has 2 aromatic rings. The van der Waals surface area contributed by atoms with Gasteiger partial charge in [0.05, 0.1) is 6.04 Å². The summed E-state index contributed by atoms with van der Waals surface area (Å²) in [5.41, 5.74) is 2.36. The summed E-state index contributed by atoms with van der Waals surface area (Å²) in [4.78, 5) is 12.3. The van der Waals surface area contributed by atoms with E-state index in [0.717, 1.165) is 12.0 Å². The predicted octanol–water partition coefficient (Wildman–Crippen LogP) is 4.55. The maximum Gasteiger partial charge on any atom is 0.261 e. The van der Waals surface area contributed by atoms with E-state index in [-0.39, 0.29) is 11.9 Å². The number of halogens is 1. The summed E-state index contributed by atoms with van der Waals surface area (Å²) in [6.45, 7) is 5.82. The number of rotatable bonds is 6. The summed E-state index contributed by atoms with van der Waals surface area (Å²) in [7, 11) is 0. The molecule has 2 atom stereocenters. The molecule has 0 unspecified atom stereocenters. The number of ether oxygens (including phenoxy) is 1. The Balaban J connectivity index is 1.92. The van der Waals surface area contributed by atoms with E-state index < -0.39 is 6.10 Å². The molecule has 0 radical (unpaired) electrons. The van der Waals surface area contributed by atoms with Gasteiger partial charge in [0.25, 0.3) is 5.91 Å². The first kappa shape index (κ1) is 17.4. The predicted molar refractivity (Wildman–Crippen MR) is 93.9 cm³/mol. The Morgan fingerprint density at radius 2 is 1.70 bits per heavy atom. The van der Waals surface area contributed by atoms with Crippen LogP contribution in [0.3, 0.4) is 0 Å². The SMILES string of the molecule is CCc1ccc([C@H](C)NC(=O)[C@H](C)Oc2ccc(Cl)cc2)cc1. The Hall–Kier alpha value is -2.00. The number of hydrogen-bond acceptors (Lipinski definition) is 2. The molecule has 1 N–H and O–H groups in total. The van der Waals surface area contributed by atoms with Crippen molar-refractivity contribution in [1.82, 2.24) is 5.32 Å². The molecule has 122 valence electrons. The van der Waals surface area contributed by atoms with Gasteiger partial charge in [-0.25, -0.2) is 0 Å². The second-order valence-electron chi connectivity index (χ2n) is 5.54. The summed E-state index contributed by atoms with van der Waals surface area (Å²) < 4.78 is 5.63. The van der Waals surface area contributed by atoms with Gasteiger partial charge in [-0.2, -0.15) is 0 Å². The number of carbonyl (C=O) groups is 1. The first-order chi connectivity index (χ1) is 11.0. The molecule has 0 saturated carbocycles. The first-order valence-corrected chi connectivity index (χ1v) is 8.19. The molecule has 0 fully saturated rings. The molecule has 2 aromatic carbocycles. The van der Waals surface area contributed by atoms with Crippen molar-refractivity contribution in [3.63, 3.8) is 0 Å². The lowest BCUT2D eigenvalue weighted by molar-refractivity contribution is -0.127. The number of aryl methyl sites for hydroxylation is 1. The minimum Gasteiger partial charge on any atom is -0.481 e. The molecule has 0 aliphatic carbocycles. The van der Waals surface area contributed by atoms with Crippen molar-refractivity contribution >= 4 is 17.5 Å². The zero-order valence-electron chi connectivity index (χ0n) is 13.7. The summed E-state index contributed by atoms with van der Waals surface area (Å²) >= 11 is 5.83. The smallest absolute Gasteiger partial charge is 0.261 e. The molecule has 3 nitrogen and oxygen atoms in total. The van der Waals surface area contributed by atoms with E-state index >= 15 is 0 Å². The van der Waals surface area contributed by atoms with Crippen LogP contribution in [0.5, 0.6) is 5.75 Å². The quantitative estimate of drug-likeness (QED) is 0.843. The molecule has 0 aliphatic heterocycles. The van der Waals surface area contributed by atoms with Crippen molar-refractivity contribution < 1.29 is 9.53 Å². The minimum absolute atomic E-state index is 0.0651. The van der Waals surface area contributed by atoms with Crippen LogP contribution in [0.25, 0.3) is 0 Å². The van der Waals surface area contributed by atoms with E-state index in [0.29, 0.717) is 10.8 Å². The van der Waals surface area contributed by atoms with Gasteiger partial charge in [0.1, 0.15) is 5.75 Å². The maximum atomic E-state index is 12.3. The van der Waals surface area contributed by atoms with Crippen molar-refractivity contribution in [2.75, 3.05) is 0 Å². The van der Waals surface area contributed by atoms with Gasteiger partial charge in [0.15, 0.2) is 6.10 Å². The molecule has 23 heavy (non-hydrogen) atoms. The van der Waals surface area contributed by atoms with Crippen LogP contribution in [-0.2, 0) is 11.2 Å². The van der Waals surface area contributed by atoms with Crippen molar-refractivity contribution in [2.24, 2.45) is 0 Å². The highest BCUT2D eigenvalue weighted by Crippen LogP contribution is 2.18. The maximum absolute atomic E-state index is 12.3. The van der Waals surface area contributed by atoms with Crippen LogP contribution < -0.4 is 10.1 Å². The third-order valence-electron chi connectivity index (χ3n) is 3.74. The van der Waals surface area contributed by atoms with E-state index in [1.165, 1.54) is 5.56 Å². The van der Waals surface area contributed by atoms with E-state index in [9.17, 15) is 4.79 Å². The van der Waals surface area contributed by atoms with Gasteiger partial charge in [-0.05, 0) is 55.7 Å². The van der Waals surface area contributed by atoms with Gasteiger partial charge in [-0.1, -0.05) is 42.8 Å². The summed E-state index contributed by atoms with van der Waals surface area (Å²) in [5.74, 6) is 0.476. The summed E-state index contributed by atoms with van der Waals surface area (Å²) in [6.07, 6.45) is 0.432. The van der Waals surface area contributed by atoms with E-state index in [4.69, 9.17) is 16.3 Å². The Kier molecular flexibility index (Phi) is 6.05. The largest absolute Gasteiger partial charge is 0.481 e. The van der Waals surface area contributed by atoms with Crippen LogP contribution in [0.15, 0.2) is 48.5 Å². The topological polar surface area (TPSA) is 38.3 Å². The minimum atomic E-state index is -0.575. The molecular formula is C19H22ClNO2. The van der Waals surface area contributed by atoms with Gasteiger partial charge < -0.3 is 10.1 Å². The molecule has 1 amide bonds. The second kappa shape index (κ2) is 8.02. The number of hydrogen-bond donors (Lipinski definition) is 1. The highest BCUT2D eigenvalue weighted by Gasteiger charge is 2.17. The van der Waals surface area contributed by atoms with Crippen molar-refractivity contribution in [3.05, 3.63) is 64.7 Å². The van der Waals surface area contributed by atoms with Crippen LogP contribution in [0.2, 0.25) is 5.02 Å². The average molecular weight is 332 g/mol. The fourth-order valence-corrected chi connectivity index (χ4v) is 2.35. The molecule has 0 spiro atoms. The number of nitrogens with one attached hydrogen (secondary N) is 1. The molecule has 0 aromatic heterocycles. The average Bonchev–Trinajstić information content (AvgIpc) is 2.56. The number of amides is 1. The lowest BCUT2D eigenvalue weighted by atomic mass is 10.0. The van der Waals surface area contributed by atoms with Crippen molar-refractivity contribution in [1.29, 1.82) is 0 Å². The Bertz CT molecular complexity index is 637. The van der Waals surface area contributed by atoms with Gasteiger partial charge in [-0.3, -0.25) is 4.79 Å². The molecular weight excluding hydrogens is 310 g/mol. The Morgan fingerprint density at radius 1 is 1.09 bits per heavy atom. The fraction of sp³-hybridized carbons (Fsp3) is 0.316. The van der Waals surface area contributed by atoms with Crippen LogP contribution in [0, 0.1) is 0 Å². The van der Waals surface area contributed by atoms with Gasteiger partial charge in [0.2, 0.25) is 0 Å². The van der Waals surface area contributed by atoms with Gasteiger partial charge in [0, 0.05) is 5.02 Å². The van der Waals surface area contributed by atoms with Crippen molar-refractivity contribution in [2.45, 2.75) is 39.3 Å². The van der Waals surface area contributed by atoms with E-state index in [2.05, 4.69) is 36.5 Å². The Morgan fingerprint density at radius 3 is 2.26 bits per heavy atom. The second-order valence-corrected chi connectivity index (χ2v) is 5.98. The van der Waals surface area contributed by atoms with Gasteiger partial charge >= 0.3 is 0 Å². The molecule has 0 bridgehead atoms. The summed E-state index contributed by atoms with van der Waals surface area (Å²) in [6, 6.07) is 15.2. The molecule has 2 rings (SSSR count). The third kappa shape index (κ3) is 5.00. The van der Waals surface area contributed by atoms with Gasteiger partial charge in [-0.15, -0.1) is 0 Å². The lowest BCUT2D eigenvalue weighted by Crippen LogP contribution is -2.37. The van der Waals surface area contributed by atoms with Crippen LogP contribution in [0.1, 0.15) is 37.9 Å². The standard InChI is InChI=1S/C19H22ClNO2/c1-4-15-5-7-16(8-6-15)13(2)21-19(22)14(3)23-18-11-9-17(20)10-12-18/h5-14H,4H2,1-3H3,(H,21,22)/t13-,14-/m0/s1. The first-order valence-electron chi connectivity index (χ1n) is 7.81. The van der Waals surface area contributed by atoms with E-state index in [1.807, 2.05) is 6.92 Å². The molecule has 0 aliphatic rings. The molecule has 0 heterocycles. The zero-order valence-corrected chi connectivity index (χ0v) is 14.4. The Labute approximate surface area is 142 Å².